The van der Waals surface area contributed by atoms with Gasteiger partial charge in [-0.05, 0) is 31.4 Å². The number of rotatable bonds is 6. The Hall–Kier alpha value is -2.63. The van der Waals surface area contributed by atoms with Crippen LogP contribution in [0.4, 0.5) is 0 Å². The summed E-state index contributed by atoms with van der Waals surface area (Å²) in [6, 6.07) is 9.71. The van der Waals surface area contributed by atoms with Crippen molar-refractivity contribution in [1.82, 2.24) is 20.4 Å². The molecule has 1 fully saturated rings. The molecule has 6 nitrogen and oxygen atoms in total. The van der Waals surface area contributed by atoms with Crippen molar-refractivity contribution in [2.45, 2.75) is 31.6 Å². The highest BCUT2D eigenvalue weighted by Gasteiger charge is 2.28. The van der Waals surface area contributed by atoms with Gasteiger partial charge in [-0.3, -0.25) is 4.79 Å². The largest absolute Gasteiger partial charge is 0.360 e. The number of hydrogen-bond acceptors (Lipinski definition) is 4. The number of hydrogen-bond donors (Lipinski definition) is 2. The zero-order valence-corrected chi connectivity index (χ0v) is 12.7. The highest BCUT2D eigenvalue weighted by atomic mass is 16.5. The van der Waals surface area contributed by atoms with Crippen LogP contribution in [0.5, 0.6) is 0 Å². The summed E-state index contributed by atoms with van der Waals surface area (Å²) in [6.45, 7) is 0.585. The fraction of sp³-hybridized carbons (Fsp3) is 0.353. The van der Waals surface area contributed by atoms with Gasteiger partial charge in [0.25, 0.3) is 5.91 Å². The molecule has 1 saturated carbocycles. The summed E-state index contributed by atoms with van der Waals surface area (Å²) < 4.78 is 5.19. The van der Waals surface area contributed by atoms with Crippen LogP contribution in [0.1, 0.15) is 47.3 Å². The second-order valence-corrected chi connectivity index (χ2v) is 5.95. The van der Waals surface area contributed by atoms with Crippen molar-refractivity contribution in [3.8, 4) is 0 Å². The third-order valence-electron chi connectivity index (χ3n) is 4.06. The normalized spacial score (nSPS) is 14.3. The minimum Gasteiger partial charge on any atom is -0.360 e. The monoisotopic (exact) mass is 310 g/mol. The first kappa shape index (κ1) is 14.0. The summed E-state index contributed by atoms with van der Waals surface area (Å²) in [7, 11) is 0. The van der Waals surface area contributed by atoms with Crippen molar-refractivity contribution in [3.63, 3.8) is 0 Å². The number of para-hydroxylation sites is 2. The molecule has 1 aliphatic carbocycles. The number of imidazole rings is 1. The standard InChI is InChI=1S/C17H18N4O2/c22-17(14-10-15(23-21-14)11-7-8-11)18-9-3-6-16-19-12-4-1-2-5-13(12)20-16/h1-2,4-5,10-11H,3,6-9H2,(H,18,22)(H,19,20). The van der Waals surface area contributed by atoms with Crippen molar-refractivity contribution in [2.75, 3.05) is 6.54 Å². The smallest absolute Gasteiger partial charge is 0.273 e. The topological polar surface area (TPSA) is 83.8 Å². The van der Waals surface area contributed by atoms with E-state index >= 15 is 0 Å². The third kappa shape index (κ3) is 3.11. The van der Waals surface area contributed by atoms with Crippen LogP contribution in [-0.4, -0.2) is 27.6 Å². The zero-order valence-electron chi connectivity index (χ0n) is 12.7. The number of aromatic amines is 1. The van der Waals surface area contributed by atoms with E-state index in [0.717, 1.165) is 48.3 Å². The van der Waals surface area contributed by atoms with E-state index < -0.39 is 0 Å². The molecular weight excluding hydrogens is 292 g/mol. The maximum absolute atomic E-state index is 12.0. The molecule has 0 bridgehead atoms. The number of nitrogens with one attached hydrogen (secondary N) is 2. The number of benzene rings is 1. The summed E-state index contributed by atoms with van der Waals surface area (Å²) in [4.78, 5) is 19.8. The summed E-state index contributed by atoms with van der Waals surface area (Å²) in [5, 5.41) is 6.71. The number of aromatic nitrogens is 3. The maximum atomic E-state index is 12.0. The number of carbonyl (C=O) groups excluding carboxylic acids is 1. The molecule has 2 heterocycles. The maximum Gasteiger partial charge on any atom is 0.273 e. The van der Waals surface area contributed by atoms with E-state index in [-0.39, 0.29) is 5.91 Å². The highest BCUT2D eigenvalue weighted by Crippen LogP contribution is 2.40. The van der Waals surface area contributed by atoms with E-state index in [0.29, 0.717) is 18.2 Å². The van der Waals surface area contributed by atoms with Gasteiger partial charge in [0.15, 0.2) is 5.69 Å². The van der Waals surface area contributed by atoms with Gasteiger partial charge in [-0.15, -0.1) is 0 Å². The number of aryl methyl sites for hydroxylation is 1. The lowest BCUT2D eigenvalue weighted by molar-refractivity contribution is 0.0944. The first-order chi connectivity index (χ1) is 11.3. The quantitative estimate of drug-likeness (QED) is 0.686. The van der Waals surface area contributed by atoms with Crippen LogP contribution in [0.3, 0.4) is 0 Å². The van der Waals surface area contributed by atoms with Crippen LogP contribution in [0, 0.1) is 0 Å². The summed E-state index contributed by atoms with van der Waals surface area (Å²) in [5.41, 5.74) is 2.39. The molecular formula is C17H18N4O2. The number of carbonyl (C=O) groups is 1. The first-order valence-electron chi connectivity index (χ1n) is 7.98. The molecule has 3 aromatic rings. The zero-order chi connectivity index (χ0) is 15.6. The van der Waals surface area contributed by atoms with Crippen molar-refractivity contribution in [2.24, 2.45) is 0 Å². The number of H-pyrrole nitrogens is 1. The fourth-order valence-corrected chi connectivity index (χ4v) is 2.63. The Morgan fingerprint density at radius 1 is 1.35 bits per heavy atom. The van der Waals surface area contributed by atoms with Gasteiger partial charge in [-0.1, -0.05) is 17.3 Å². The van der Waals surface area contributed by atoms with Gasteiger partial charge in [-0.2, -0.15) is 0 Å². The van der Waals surface area contributed by atoms with Crippen molar-refractivity contribution in [1.29, 1.82) is 0 Å². The average molecular weight is 310 g/mol. The molecule has 0 spiro atoms. The molecule has 0 aliphatic heterocycles. The molecule has 1 aromatic carbocycles. The predicted octanol–water partition coefficient (Wildman–Crippen LogP) is 2.79. The Morgan fingerprint density at radius 3 is 3.04 bits per heavy atom. The Labute approximate surface area is 133 Å². The fourth-order valence-electron chi connectivity index (χ4n) is 2.63. The van der Waals surface area contributed by atoms with Gasteiger partial charge in [0.05, 0.1) is 11.0 Å². The van der Waals surface area contributed by atoms with Crippen LogP contribution >= 0.6 is 0 Å². The van der Waals surface area contributed by atoms with Gasteiger partial charge in [0, 0.05) is 24.9 Å². The molecule has 2 N–H and O–H groups in total. The summed E-state index contributed by atoms with van der Waals surface area (Å²) in [5.74, 6) is 2.07. The molecule has 2 aromatic heterocycles. The van der Waals surface area contributed by atoms with Crippen LogP contribution < -0.4 is 5.32 Å². The van der Waals surface area contributed by atoms with Crippen molar-refractivity contribution in [3.05, 3.63) is 47.6 Å². The van der Waals surface area contributed by atoms with Gasteiger partial charge < -0.3 is 14.8 Å². The Kier molecular flexibility index (Phi) is 3.57. The highest BCUT2D eigenvalue weighted by molar-refractivity contribution is 5.92. The lowest BCUT2D eigenvalue weighted by Crippen LogP contribution is -2.25. The number of fused-ring (bicyclic) bond motifs is 1. The Balaban J connectivity index is 1.26. The van der Waals surface area contributed by atoms with E-state index in [1.807, 2.05) is 24.3 Å². The molecule has 4 rings (SSSR count). The second-order valence-electron chi connectivity index (χ2n) is 5.95. The predicted molar refractivity (Wildman–Crippen MR) is 85.2 cm³/mol. The minimum atomic E-state index is -0.176. The Morgan fingerprint density at radius 2 is 2.22 bits per heavy atom. The Bertz CT molecular complexity index is 799. The van der Waals surface area contributed by atoms with Gasteiger partial charge >= 0.3 is 0 Å². The van der Waals surface area contributed by atoms with Crippen molar-refractivity contribution >= 4 is 16.9 Å². The molecule has 0 saturated heterocycles. The van der Waals surface area contributed by atoms with Crippen LogP contribution in [-0.2, 0) is 6.42 Å². The molecule has 1 amide bonds. The van der Waals surface area contributed by atoms with E-state index in [1.54, 1.807) is 6.07 Å². The van der Waals surface area contributed by atoms with Crippen LogP contribution in [0.25, 0.3) is 11.0 Å². The molecule has 0 unspecified atom stereocenters. The van der Waals surface area contributed by atoms with Crippen LogP contribution in [0.2, 0.25) is 0 Å². The van der Waals surface area contributed by atoms with E-state index in [4.69, 9.17) is 4.52 Å². The molecule has 23 heavy (non-hydrogen) atoms. The molecule has 1 aliphatic rings. The van der Waals surface area contributed by atoms with Gasteiger partial charge in [0.1, 0.15) is 11.6 Å². The summed E-state index contributed by atoms with van der Waals surface area (Å²) in [6.07, 6.45) is 3.88. The molecule has 6 heteroatoms. The van der Waals surface area contributed by atoms with E-state index in [2.05, 4.69) is 20.4 Å². The molecule has 118 valence electrons. The average Bonchev–Trinajstić information content (AvgIpc) is 3.14. The first-order valence-corrected chi connectivity index (χ1v) is 7.98. The van der Waals surface area contributed by atoms with E-state index in [9.17, 15) is 4.79 Å². The van der Waals surface area contributed by atoms with Crippen molar-refractivity contribution < 1.29 is 9.32 Å². The van der Waals surface area contributed by atoms with Gasteiger partial charge in [0.2, 0.25) is 0 Å². The summed E-state index contributed by atoms with van der Waals surface area (Å²) >= 11 is 0. The van der Waals surface area contributed by atoms with Crippen LogP contribution in [0.15, 0.2) is 34.9 Å². The minimum absolute atomic E-state index is 0.176. The lowest BCUT2D eigenvalue weighted by atomic mass is 10.2. The molecule has 0 radical (unpaired) electrons. The third-order valence-corrected chi connectivity index (χ3v) is 4.06. The SMILES string of the molecule is O=C(NCCCc1nc2ccccc2[nH]1)c1cc(C2CC2)on1. The second kappa shape index (κ2) is 5.87. The number of amides is 1. The van der Waals surface area contributed by atoms with Gasteiger partial charge in [-0.25, -0.2) is 4.98 Å². The number of nitrogens with zero attached hydrogens (tertiary/aromatic N) is 2. The lowest BCUT2D eigenvalue weighted by Gasteiger charge is -2.01. The van der Waals surface area contributed by atoms with E-state index in [1.165, 1.54) is 0 Å². The molecule has 0 atom stereocenters.